The molecule has 1 N–H and O–H groups in total. The van der Waals surface area contributed by atoms with Crippen LogP contribution in [0.15, 0.2) is 24.3 Å². The van der Waals surface area contributed by atoms with Crippen LogP contribution in [0.4, 0.5) is 0 Å². The van der Waals surface area contributed by atoms with Crippen LogP contribution in [0, 0.1) is 5.92 Å². The molecule has 110 valence electrons. The Morgan fingerprint density at radius 3 is 2.80 bits per heavy atom. The molecule has 0 aromatic heterocycles. The van der Waals surface area contributed by atoms with Crippen LogP contribution in [0.2, 0.25) is 0 Å². The van der Waals surface area contributed by atoms with E-state index in [-0.39, 0.29) is 5.41 Å². The molecule has 3 nitrogen and oxygen atoms in total. The van der Waals surface area contributed by atoms with E-state index in [4.69, 9.17) is 0 Å². The van der Waals surface area contributed by atoms with Crippen LogP contribution in [0.1, 0.15) is 25.8 Å². The maximum atomic E-state index is 9.80. The molecule has 3 atom stereocenters. The van der Waals surface area contributed by atoms with Crippen LogP contribution in [0.3, 0.4) is 0 Å². The first-order valence-corrected chi connectivity index (χ1v) is 7.71. The van der Waals surface area contributed by atoms with Crippen LogP contribution in [0.25, 0.3) is 0 Å². The number of piperazine rings is 1. The lowest BCUT2D eigenvalue weighted by atomic mass is 9.65. The number of hydrogen-bond donors (Lipinski definition) is 1. The lowest BCUT2D eigenvalue weighted by Crippen LogP contribution is -2.60. The van der Waals surface area contributed by atoms with Gasteiger partial charge in [0.25, 0.3) is 0 Å². The van der Waals surface area contributed by atoms with Crippen LogP contribution >= 0.6 is 0 Å². The van der Waals surface area contributed by atoms with Gasteiger partial charge in [-0.1, -0.05) is 26.0 Å². The summed E-state index contributed by atoms with van der Waals surface area (Å²) in [4.78, 5) is 5.11. The van der Waals surface area contributed by atoms with Crippen molar-refractivity contribution in [2.24, 2.45) is 5.92 Å². The van der Waals surface area contributed by atoms with Crippen molar-refractivity contribution < 1.29 is 5.11 Å². The Morgan fingerprint density at radius 1 is 1.25 bits per heavy atom. The van der Waals surface area contributed by atoms with Gasteiger partial charge in [-0.05, 0) is 42.5 Å². The van der Waals surface area contributed by atoms with Gasteiger partial charge >= 0.3 is 0 Å². The van der Waals surface area contributed by atoms with Crippen molar-refractivity contribution in [3.05, 3.63) is 29.8 Å². The second kappa shape index (κ2) is 5.05. The van der Waals surface area contributed by atoms with E-state index < -0.39 is 0 Å². The molecule has 0 radical (unpaired) electrons. The molecule has 2 aliphatic heterocycles. The van der Waals surface area contributed by atoms with Crippen molar-refractivity contribution in [2.75, 3.05) is 33.2 Å². The Balaban J connectivity index is 1.88. The van der Waals surface area contributed by atoms with Gasteiger partial charge in [0, 0.05) is 32.2 Å². The maximum Gasteiger partial charge on any atom is 0.115 e. The number of nitrogens with zero attached hydrogens (tertiary/aromatic N) is 2. The van der Waals surface area contributed by atoms with Crippen molar-refractivity contribution in [1.29, 1.82) is 0 Å². The Morgan fingerprint density at radius 2 is 2.05 bits per heavy atom. The summed E-state index contributed by atoms with van der Waals surface area (Å²) < 4.78 is 0. The van der Waals surface area contributed by atoms with Crippen molar-refractivity contribution >= 4 is 0 Å². The quantitative estimate of drug-likeness (QED) is 0.851. The van der Waals surface area contributed by atoms with E-state index in [0.29, 0.717) is 17.7 Å². The van der Waals surface area contributed by atoms with Crippen LogP contribution in [0.5, 0.6) is 5.75 Å². The van der Waals surface area contributed by atoms with Gasteiger partial charge in [-0.3, -0.25) is 4.90 Å². The van der Waals surface area contributed by atoms with Gasteiger partial charge in [0.2, 0.25) is 0 Å². The first kappa shape index (κ1) is 13.9. The third kappa shape index (κ3) is 2.33. The predicted octanol–water partition coefficient (Wildman–Crippen LogP) is 2.31. The Hall–Kier alpha value is -1.06. The minimum atomic E-state index is 0.165. The molecule has 2 saturated heterocycles. The molecule has 1 aromatic rings. The number of phenolic OH excluding ortho intramolecular Hbond substituents is 1. The smallest absolute Gasteiger partial charge is 0.115 e. The third-order valence-electron chi connectivity index (χ3n) is 5.57. The van der Waals surface area contributed by atoms with Gasteiger partial charge in [-0.25, -0.2) is 0 Å². The molecule has 0 spiro atoms. The van der Waals surface area contributed by atoms with Gasteiger partial charge in [0.1, 0.15) is 5.75 Å². The summed E-state index contributed by atoms with van der Waals surface area (Å²) in [6.45, 7) is 9.45. The van der Waals surface area contributed by atoms with Crippen molar-refractivity contribution in [3.8, 4) is 5.75 Å². The summed E-state index contributed by atoms with van der Waals surface area (Å²) in [5, 5.41) is 9.80. The van der Waals surface area contributed by atoms with Crippen molar-refractivity contribution in [3.63, 3.8) is 0 Å². The van der Waals surface area contributed by atoms with E-state index in [9.17, 15) is 5.11 Å². The number of aromatic hydroxyl groups is 1. The largest absolute Gasteiger partial charge is 0.508 e. The molecule has 0 unspecified atom stereocenters. The maximum absolute atomic E-state index is 9.80. The Labute approximate surface area is 122 Å². The topological polar surface area (TPSA) is 26.7 Å². The van der Waals surface area contributed by atoms with E-state index >= 15 is 0 Å². The summed E-state index contributed by atoms with van der Waals surface area (Å²) >= 11 is 0. The highest BCUT2D eigenvalue weighted by Gasteiger charge is 2.44. The number of rotatable bonds is 1. The fraction of sp³-hybridized carbons (Fsp3) is 0.647. The average molecular weight is 274 g/mol. The zero-order valence-corrected chi connectivity index (χ0v) is 12.8. The van der Waals surface area contributed by atoms with E-state index in [2.05, 4.69) is 36.8 Å². The standard InChI is InChI=1S/C17H26N2O/c1-13-11-19-8-7-18(3)12-15(19)10-17(13,2)14-5-4-6-16(20)9-14/h4-6,9,13,15,20H,7-8,10-12H2,1-3H3/t13-,15+,17+/m0/s1. The van der Waals surface area contributed by atoms with Crippen molar-refractivity contribution in [2.45, 2.75) is 31.7 Å². The lowest BCUT2D eigenvalue weighted by Gasteiger charge is -2.52. The lowest BCUT2D eigenvalue weighted by molar-refractivity contribution is 0.00441. The average Bonchev–Trinajstić information content (AvgIpc) is 2.40. The normalized spacial score (nSPS) is 35.8. The molecular weight excluding hydrogens is 248 g/mol. The summed E-state index contributed by atoms with van der Waals surface area (Å²) in [6, 6.07) is 8.53. The van der Waals surface area contributed by atoms with Gasteiger partial charge in [-0.15, -0.1) is 0 Å². The summed E-state index contributed by atoms with van der Waals surface area (Å²) in [5.41, 5.74) is 1.45. The SMILES string of the molecule is C[C@H]1CN2CCN(C)C[C@H]2C[C@@]1(C)c1cccc(O)c1. The monoisotopic (exact) mass is 274 g/mol. The molecule has 2 fully saturated rings. The molecule has 0 saturated carbocycles. The van der Waals surface area contributed by atoms with Gasteiger partial charge in [0.05, 0.1) is 0 Å². The molecule has 20 heavy (non-hydrogen) atoms. The highest BCUT2D eigenvalue weighted by atomic mass is 16.3. The zero-order valence-electron chi connectivity index (χ0n) is 12.8. The molecule has 3 heteroatoms. The van der Waals surface area contributed by atoms with E-state index in [1.54, 1.807) is 6.07 Å². The number of fused-ring (bicyclic) bond motifs is 1. The number of hydrogen-bond acceptors (Lipinski definition) is 3. The molecule has 3 rings (SSSR count). The van der Waals surface area contributed by atoms with E-state index in [1.165, 1.54) is 38.2 Å². The minimum absolute atomic E-state index is 0.165. The highest BCUT2D eigenvalue weighted by molar-refractivity contribution is 5.34. The second-order valence-electron chi connectivity index (χ2n) is 6.98. The van der Waals surface area contributed by atoms with Crippen molar-refractivity contribution in [1.82, 2.24) is 9.80 Å². The Bertz CT molecular complexity index is 490. The molecular formula is C17H26N2O. The highest BCUT2D eigenvalue weighted by Crippen LogP contribution is 2.43. The van der Waals surface area contributed by atoms with Crippen LogP contribution < -0.4 is 0 Å². The first-order chi connectivity index (χ1) is 9.49. The number of phenols is 1. The molecule has 2 heterocycles. The number of piperidine rings is 1. The summed E-state index contributed by atoms with van der Waals surface area (Å²) in [7, 11) is 2.22. The predicted molar refractivity (Wildman–Crippen MR) is 82.1 cm³/mol. The molecule has 2 aliphatic rings. The van der Waals surface area contributed by atoms with E-state index in [1.807, 2.05) is 12.1 Å². The van der Waals surface area contributed by atoms with E-state index in [0.717, 1.165) is 0 Å². The minimum Gasteiger partial charge on any atom is -0.508 e. The fourth-order valence-electron chi connectivity index (χ4n) is 3.99. The van der Waals surface area contributed by atoms with Gasteiger partial charge in [-0.2, -0.15) is 0 Å². The zero-order chi connectivity index (χ0) is 14.3. The second-order valence-corrected chi connectivity index (χ2v) is 6.98. The fourth-order valence-corrected chi connectivity index (χ4v) is 3.99. The summed E-state index contributed by atoms with van der Waals surface area (Å²) in [6.07, 6.45) is 1.18. The molecule has 0 bridgehead atoms. The number of benzene rings is 1. The Kier molecular flexibility index (Phi) is 3.51. The first-order valence-electron chi connectivity index (χ1n) is 7.71. The van der Waals surface area contributed by atoms with Crippen LogP contribution in [-0.4, -0.2) is 54.2 Å². The number of likely N-dealkylation sites (N-methyl/N-ethyl adjacent to an activating group) is 1. The van der Waals surface area contributed by atoms with Gasteiger partial charge < -0.3 is 10.0 Å². The van der Waals surface area contributed by atoms with Crippen LogP contribution in [-0.2, 0) is 5.41 Å². The summed E-state index contributed by atoms with van der Waals surface area (Å²) in [5.74, 6) is 1.00. The van der Waals surface area contributed by atoms with Gasteiger partial charge in [0.15, 0.2) is 0 Å². The third-order valence-corrected chi connectivity index (χ3v) is 5.57. The molecule has 0 aliphatic carbocycles. The molecule has 1 aromatic carbocycles. The molecule has 0 amide bonds.